The number of hydrogen-bond acceptors (Lipinski definition) is 2. The molecule has 0 unspecified atom stereocenters. The Kier molecular flexibility index (Phi) is 4.07. The summed E-state index contributed by atoms with van der Waals surface area (Å²) in [4.78, 5) is 0. The van der Waals surface area contributed by atoms with E-state index in [0.717, 1.165) is 16.7 Å². The van der Waals surface area contributed by atoms with E-state index in [-0.39, 0.29) is 0 Å². The minimum atomic E-state index is -1.51. The molecule has 5 aromatic carbocycles. The number of fused-ring (bicyclic) bond motifs is 3. The molecule has 0 saturated carbocycles. The topological polar surface area (TPSA) is 40.5 Å². The molecule has 0 radical (unpaired) electrons. The number of benzene rings is 5. The largest absolute Gasteiger partial charge is 0.489 e. The van der Waals surface area contributed by atoms with Crippen molar-refractivity contribution in [3.63, 3.8) is 0 Å². The molecule has 0 heterocycles. The van der Waals surface area contributed by atoms with Gasteiger partial charge in [0.2, 0.25) is 0 Å². The molecule has 5 aromatic rings. The highest BCUT2D eigenvalue weighted by atomic mass is 16.4. The number of hydrogen-bond donors (Lipinski definition) is 2. The SMILES string of the molecule is OB(O)c1ccccc1-c1cccc(-c2cccc3c2-c2cccc4cccc-3c24)c1. The molecule has 31 heavy (non-hydrogen) atoms. The second-order valence-corrected chi connectivity index (χ2v) is 7.98. The lowest BCUT2D eigenvalue weighted by molar-refractivity contribution is 0.426. The number of rotatable bonds is 3. The van der Waals surface area contributed by atoms with E-state index in [1.54, 1.807) is 6.07 Å². The smallest absolute Gasteiger partial charge is 0.423 e. The highest BCUT2D eigenvalue weighted by molar-refractivity contribution is 6.60. The van der Waals surface area contributed by atoms with Crippen LogP contribution in [0.3, 0.4) is 0 Å². The van der Waals surface area contributed by atoms with Crippen molar-refractivity contribution >= 4 is 23.4 Å². The van der Waals surface area contributed by atoms with Crippen LogP contribution in [0.25, 0.3) is 55.3 Å². The predicted molar refractivity (Wildman–Crippen MR) is 129 cm³/mol. The first-order valence-electron chi connectivity index (χ1n) is 10.4. The first-order valence-corrected chi connectivity index (χ1v) is 10.4. The first kappa shape index (κ1) is 18.1. The maximum Gasteiger partial charge on any atom is 0.489 e. The Morgan fingerprint density at radius 3 is 1.87 bits per heavy atom. The maximum atomic E-state index is 9.82. The van der Waals surface area contributed by atoms with Crippen LogP contribution in [0, 0.1) is 0 Å². The minimum Gasteiger partial charge on any atom is -0.423 e. The molecule has 6 rings (SSSR count). The highest BCUT2D eigenvalue weighted by Crippen LogP contribution is 2.50. The molecule has 1 aliphatic rings. The molecule has 0 fully saturated rings. The fourth-order valence-corrected chi connectivity index (χ4v) is 4.92. The van der Waals surface area contributed by atoms with Crippen LogP contribution >= 0.6 is 0 Å². The summed E-state index contributed by atoms with van der Waals surface area (Å²) in [5.74, 6) is 0. The molecule has 0 saturated heterocycles. The van der Waals surface area contributed by atoms with Gasteiger partial charge in [0.25, 0.3) is 0 Å². The molecule has 0 spiro atoms. The molecule has 0 aliphatic heterocycles. The van der Waals surface area contributed by atoms with Crippen LogP contribution in [0.15, 0.2) is 103 Å². The summed E-state index contributed by atoms with van der Waals surface area (Å²) >= 11 is 0. The average Bonchev–Trinajstić information content (AvgIpc) is 3.15. The van der Waals surface area contributed by atoms with Gasteiger partial charge in [0.05, 0.1) is 0 Å². The maximum absolute atomic E-state index is 9.82. The third kappa shape index (κ3) is 2.75. The van der Waals surface area contributed by atoms with Gasteiger partial charge in [-0.25, -0.2) is 0 Å². The Hall–Kier alpha value is -3.66. The van der Waals surface area contributed by atoms with Crippen LogP contribution in [0.5, 0.6) is 0 Å². The molecular weight excluding hydrogens is 379 g/mol. The van der Waals surface area contributed by atoms with Crippen LogP contribution in [0.1, 0.15) is 0 Å². The Balaban J connectivity index is 1.57. The molecule has 1 aliphatic carbocycles. The van der Waals surface area contributed by atoms with Gasteiger partial charge >= 0.3 is 7.12 Å². The van der Waals surface area contributed by atoms with Gasteiger partial charge in [0, 0.05) is 0 Å². The summed E-state index contributed by atoms with van der Waals surface area (Å²) in [6.07, 6.45) is 0. The van der Waals surface area contributed by atoms with Gasteiger partial charge in [-0.2, -0.15) is 0 Å². The van der Waals surface area contributed by atoms with Crippen molar-refractivity contribution in [2.45, 2.75) is 0 Å². The van der Waals surface area contributed by atoms with Crippen molar-refractivity contribution in [2.75, 3.05) is 0 Å². The minimum absolute atomic E-state index is 0.509. The zero-order valence-corrected chi connectivity index (χ0v) is 16.8. The second kappa shape index (κ2) is 6.95. The molecule has 0 amide bonds. The third-order valence-electron chi connectivity index (χ3n) is 6.25. The van der Waals surface area contributed by atoms with Crippen molar-refractivity contribution in [3.8, 4) is 44.5 Å². The molecule has 2 N–H and O–H groups in total. The quantitative estimate of drug-likeness (QED) is 0.387. The lowest BCUT2D eigenvalue weighted by Crippen LogP contribution is -2.31. The van der Waals surface area contributed by atoms with Crippen LogP contribution in [-0.4, -0.2) is 17.2 Å². The standard InChI is InChI=1S/C28H19BO2/c30-29(31)26-16-2-1-11-21(26)19-9-3-10-20(17-19)22-12-6-14-24-23-13-4-7-18-8-5-15-25(27(18)23)28(22)24/h1-17,30-31H. The van der Waals surface area contributed by atoms with Crippen LogP contribution in [0.2, 0.25) is 0 Å². The van der Waals surface area contributed by atoms with Crippen LogP contribution in [-0.2, 0) is 0 Å². The molecule has 3 heteroatoms. The van der Waals surface area contributed by atoms with Gasteiger partial charge in [-0.3, -0.25) is 0 Å². The Labute approximate surface area is 181 Å². The van der Waals surface area contributed by atoms with E-state index in [1.807, 2.05) is 30.3 Å². The van der Waals surface area contributed by atoms with Gasteiger partial charge in [-0.1, -0.05) is 97.1 Å². The molecule has 0 bridgehead atoms. The third-order valence-corrected chi connectivity index (χ3v) is 6.25. The zero-order valence-electron chi connectivity index (χ0n) is 16.8. The van der Waals surface area contributed by atoms with Crippen LogP contribution in [0.4, 0.5) is 0 Å². The zero-order chi connectivity index (χ0) is 20.9. The van der Waals surface area contributed by atoms with Crippen molar-refractivity contribution in [3.05, 3.63) is 103 Å². The Morgan fingerprint density at radius 1 is 0.484 bits per heavy atom. The second-order valence-electron chi connectivity index (χ2n) is 7.98. The summed E-state index contributed by atoms with van der Waals surface area (Å²) in [7, 11) is -1.51. The van der Waals surface area contributed by atoms with E-state index in [9.17, 15) is 10.0 Å². The Morgan fingerprint density at radius 2 is 1.06 bits per heavy atom. The first-order chi connectivity index (χ1) is 15.2. The van der Waals surface area contributed by atoms with Crippen LogP contribution < -0.4 is 5.46 Å². The van der Waals surface area contributed by atoms with Gasteiger partial charge in [0.1, 0.15) is 0 Å². The molecule has 146 valence electrons. The molecule has 0 aromatic heterocycles. The fourth-order valence-electron chi connectivity index (χ4n) is 4.92. The van der Waals surface area contributed by atoms with Crippen molar-refractivity contribution < 1.29 is 10.0 Å². The van der Waals surface area contributed by atoms with E-state index in [0.29, 0.717) is 5.46 Å². The van der Waals surface area contributed by atoms with Crippen molar-refractivity contribution in [1.82, 2.24) is 0 Å². The highest BCUT2D eigenvalue weighted by Gasteiger charge is 2.24. The average molecular weight is 398 g/mol. The summed E-state index contributed by atoms with van der Waals surface area (Å²) in [5.41, 5.74) is 9.69. The molecule has 0 atom stereocenters. The monoisotopic (exact) mass is 398 g/mol. The summed E-state index contributed by atoms with van der Waals surface area (Å²) in [6, 6.07) is 35.3. The van der Waals surface area contributed by atoms with E-state index in [4.69, 9.17) is 0 Å². The van der Waals surface area contributed by atoms with Crippen molar-refractivity contribution in [1.29, 1.82) is 0 Å². The van der Waals surface area contributed by atoms with E-state index >= 15 is 0 Å². The summed E-state index contributed by atoms with van der Waals surface area (Å²) < 4.78 is 0. The van der Waals surface area contributed by atoms with Gasteiger partial charge in [-0.15, -0.1) is 0 Å². The van der Waals surface area contributed by atoms with E-state index < -0.39 is 7.12 Å². The lowest BCUT2D eigenvalue weighted by Gasteiger charge is -2.13. The lowest BCUT2D eigenvalue weighted by atomic mass is 9.75. The Bertz CT molecular complexity index is 1460. The van der Waals surface area contributed by atoms with E-state index in [2.05, 4.69) is 66.7 Å². The van der Waals surface area contributed by atoms with Gasteiger partial charge < -0.3 is 10.0 Å². The van der Waals surface area contributed by atoms with E-state index in [1.165, 1.54) is 38.6 Å². The van der Waals surface area contributed by atoms with Gasteiger partial charge in [-0.05, 0) is 66.8 Å². The summed E-state index contributed by atoms with van der Waals surface area (Å²) in [5, 5.41) is 22.2. The summed E-state index contributed by atoms with van der Waals surface area (Å²) in [6.45, 7) is 0. The molecule has 2 nitrogen and oxygen atoms in total. The molecular formula is C28H19BO2. The van der Waals surface area contributed by atoms with Crippen molar-refractivity contribution in [2.24, 2.45) is 0 Å². The fraction of sp³-hybridized carbons (Fsp3) is 0. The normalized spacial score (nSPS) is 11.5. The predicted octanol–water partition coefficient (Wildman–Crippen LogP) is 5.50. The van der Waals surface area contributed by atoms with Gasteiger partial charge in [0.15, 0.2) is 0 Å².